The number of rotatable bonds is 11. The van der Waals surface area contributed by atoms with E-state index in [2.05, 4.69) is 0 Å². The minimum atomic E-state index is -0.693. The maximum atomic E-state index is 11.5. The first-order chi connectivity index (χ1) is 9.70. The second kappa shape index (κ2) is 10.2. The summed E-state index contributed by atoms with van der Waals surface area (Å²) in [7, 11) is 0. The minimum absolute atomic E-state index is 0.0749. The molecule has 0 spiro atoms. The third-order valence-electron chi connectivity index (χ3n) is 3.44. The summed E-state index contributed by atoms with van der Waals surface area (Å²) in [6.45, 7) is 0.804. The molecular formula is C16H25NO3. The number of hydrogen-bond donors (Lipinski definition) is 1. The lowest BCUT2D eigenvalue weighted by Crippen LogP contribution is -2.17. The maximum absolute atomic E-state index is 11.5. The molecule has 0 radical (unpaired) electrons. The van der Waals surface area contributed by atoms with Crippen LogP contribution < -0.4 is 5.56 Å². The van der Waals surface area contributed by atoms with Gasteiger partial charge in [0.15, 0.2) is 0 Å². The molecule has 0 aliphatic carbocycles. The molecule has 1 aromatic rings. The highest BCUT2D eigenvalue weighted by atomic mass is 16.4. The summed E-state index contributed by atoms with van der Waals surface area (Å²) in [5.41, 5.74) is 0.0749. The van der Waals surface area contributed by atoms with Gasteiger partial charge in [-0.05, 0) is 18.9 Å². The van der Waals surface area contributed by atoms with Crippen LogP contribution in [0.1, 0.15) is 57.8 Å². The molecule has 0 bridgehead atoms. The number of nitrogens with zero attached hydrogens (tertiary/aromatic N) is 1. The van der Waals surface area contributed by atoms with E-state index in [0.717, 1.165) is 38.6 Å². The van der Waals surface area contributed by atoms with Gasteiger partial charge >= 0.3 is 5.97 Å². The zero-order valence-electron chi connectivity index (χ0n) is 12.1. The Morgan fingerprint density at radius 2 is 1.55 bits per heavy atom. The molecule has 0 aliphatic rings. The summed E-state index contributed by atoms with van der Waals surface area (Å²) in [5, 5.41) is 8.50. The molecular weight excluding hydrogens is 254 g/mol. The molecule has 1 aromatic heterocycles. The molecule has 0 fully saturated rings. The van der Waals surface area contributed by atoms with Crippen LogP contribution in [0, 0.1) is 0 Å². The van der Waals surface area contributed by atoms with Crippen molar-refractivity contribution in [3.63, 3.8) is 0 Å². The van der Waals surface area contributed by atoms with E-state index in [9.17, 15) is 9.59 Å². The largest absolute Gasteiger partial charge is 0.481 e. The first-order valence-corrected chi connectivity index (χ1v) is 7.57. The van der Waals surface area contributed by atoms with Crippen LogP contribution in [0.15, 0.2) is 29.2 Å². The maximum Gasteiger partial charge on any atom is 0.303 e. The second-order valence-electron chi connectivity index (χ2n) is 5.20. The Hall–Kier alpha value is -1.58. The zero-order valence-corrected chi connectivity index (χ0v) is 12.1. The number of aliphatic carboxylic acids is 1. The Morgan fingerprint density at radius 3 is 2.15 bits per heavy atom. The third kappa shape index (κ3) is 7.77. The predicted octanol–water partition coefficient (Wildman–Crippen LogP) is 3.44. The molecule has 1 rings (SSSR count). The third-order valence-corrected chi connectivity index (χ3v) is 3.44. The van der Waals surface area contributed by atoms with Gasteiger partial charge in [0.05, 0.1) is 0 Å². The smallest absolute Gasteiger partial charge is 0.303 e. The topological polar surface area (TPSA) is 59.3 Å². The van der Waals surface area contributed by atoms with E-state index in [-0.39, 0.29) is 5.56 Å². The van der Waals surface area contributed by atoms with Crippen LogP contribution in [0.3, 0.4) is 0 Å². The zero-order chi connectivity index (χ0) is 14.6. The molecule has 1 N–H and O–H groups in total. The molecule has 4 nitrogen and oxygen atoms in total. The van der Waals surface area contributed by atoms with E-state index in [1.54, 1.807) is 16.7 Å². The van der Waals surface area contributed by atoms with Gasteiger partial charge in [-0.15, -0.1) is 0 Å². The summed E-state index contributed by atoms with van der Waals surface area (Å²) in [6.07, 6.45) is 10.9. The van der Waals surface area contributed by atoms with Crippen molar-refractivity contribution >= 4 is 5.97 Å². The molecule has 112 valence electrons. The number of carboxylic acids is 1. The van der Waals surface area contributed by atoms with E-state index in [1.807, 2.05) is 12.3 Å². The Morgan fingerprint density at radius 1 is 0.950 bits per heavy atom. The summed E-state index contributed by atoms with van der Waals surface area (Å²) in [6, 6.07) is 5.25. The number of hydrogen-bond acceptors (Lipinski definition) is 2. The van der Waals surface area contributed by atoms with Gasteiger partial charge in [-0.2, -0.15) is 0 Å². The van der Waals surface area contributed by atoms with Crippen LogP contribution in [-0.2, 0) is 11.3 Å². The molecule has 0 amide bonds. The van der Waals surface area contributed by atoms with Crippen molar-refractivity contribution in [2.24, 2.45) is 0 Å². The van der Waals surface area contributed by atoms with Crippen LogP contribution in [0.2, 0.25) is 0 Å². The summed E-state index contributed by atoms with van der Waals surface area (Å²) in [5.74, 6) is -0.693. The van der Waals surface area contributed by atoms with Gasteiger partial charge in [0.25, 0.3) is 0 Å². The Labute approximate surface area is 120 Å². The van der Waals surface area contributed by atoms with E-state index in [0.29, 0.717) is 6.42 Å². The van der Waals surface area contributed by atoms with Crippen LogP contribution in [0.4, 0.5) is 0 Å². The molecule has 20 heavy (non-hydrogen) atoms. The number of unbranched alkanes of at least 4 members (excludes halogenated alkanes) is 7. The summed E-state index contributed by atoms with van der Waals surface area (Å²) in [4.78, 5) is 21.8. The minimum Gasteiger partial charge on any atom is -0.481 e. The predicted molar refractivity (Wildman–Crippen MR) is 79.9 cm³/mol. The van der Waals surface area contributed by atoms with E-state index >= 15 is 0 Å². The first-order valence-electron chi connectivity index (χ1n) is 7.57. The molecule has 0 aliphatic heterocycles. The average molecular weight is 279 g/mol. The quantitative estimate of drug-likeness (QED) is 0.631. The van der Waals surface area contributed by atoms with Gasteiger partial charge in [0, 0.05) is 25.2 Å². The van der Waals surface area contributed by atoms with Gasteiger partial charge in [0.1, 0.15) is 0 Å². The first kappa shape index (κ1) is 16.5. The SMILES string of the molecule is O=C(O)CCCCCCCCCCn1ccccc1=O. The van der Waals surface area contributed by atoms with Crippen molar-refractivity contribution in [1.29, 1.82) is 0 Å². The molecule has 4 heteroatoms. The monoisotopic (exact) mass is 279 g/mol. The number of aryl methyl sites for hydroxylation is 1. The molecule has 0 saturated carbocycles. The Bertz CT molecular complexity index is 439. The number of pyridine rings is 1. The fraction of sp³-hybridized carbons (Fsp3) is 0.625. The highest BCUT2D eigenvalue weighted by Gasteiger charge is 1.97. The molecule has 0 aromatic carbocycles. The average Bonchev–Trinajstić information content (AvgIpc) is 2.42. The van der Waals surface area contributed by atoms with Crippen LogP contribution in [0.5, 0.6) is 0 Å². The van der Waals surface area contributed by atoms with E-state index in [4.69, 9.17) is 5.11 Å². The molecule has 0 saturated heterocycles. The van der Waals surface area contributed by atoms with Crippen molar-refractivity contribution in [3.8, 4) is 0 Å². The number of carbonyl (C=O) groups is 1. The van der Waals surface area contributed by atoms with Crippen molar-refractivity contribution in [1.82, 2.24) is 4.57 Å². The normalized spacial score (nSPS) is 10.6. The standard InChI is InChI=1S/C16H25NO3/c18-15-11-8-10-14-17(15)13-9-6-4-2-1-3-5-7-12-16(19)20/h8,10-11,14H,1-7,9,12-13H2,(H,19,20). The van der Waals surface area contributed by atoms with Crippen LogP contribution >= 0.6 is 0 Å². The molecule has 1 heterocycles. The lowest BCUT2D eigenvalue weighted by atomic mass is 10.1. The van der Waals surface area contributed by atoms with E-state index < -0.39 is 5.97 Å². The Kier molecular flexibility index (Phi) is 8.43. The summed E-state index contributed by atoms with van der Waals surface area (Å²) < 4.78 is 1.76. The van der Waals surface area contributed by atoms with Crippen molar-refractivity contribution in [2.45, 2.75) is 64.3 Å². The van der Waals surface area contributed by atoms with Crippen molar-refractivity contribution in [3.05, 3.63) is 34.7 Å². The van der Waals surface area contributed by atoms with E-state index in [1.165, 1.54) is 19.3 Å². The van der Waals surface area contributed by atoms with Crippen molar-refractivity contribution < 1.29 is 9.90 Å². The van der Waals surface area contributed by atoms with Crippen molar-refractivity contribution in [2.75, 3.05) is 0 Å². The van der Waals surface area contributed by atoms with Gasteiger partial charge in [0.2, 0.25) is 5.56 Å². The number of aromatic nitrogens is 1. The van der Waals surface area contributed by atoms with Gasteiger partial charge < -0.3 is 9.67 Å². The van der Waals surface area contributed by atoms with Gasteiger partial charge in [-0.25, -0.2) is 0 Å². The summed E-state index contributed by atoms with van der Waals surface area (Å²) >= 11 is 0. The van der Waals surface area contributed by atoms with Crippen LogP contribution in [0.25, 0.3) is 0 Å². The second-order valence-corrected chi connectivity index (χ2v) is 5.20. The lowest BCUT2D eigenvalue weighted by Gasteiger charge is -2.05. The highest BCUT2D eigenvalue weighted by molar-refractivity contribution is 5.66. The Balaban J connectivity index is 1.92. The highest BCUT2D eigenvalue weighted by Crippen LogP contribution is 2.10. The fourth-order valence-corrected chi connectivity index (χ4v) is 2.26. The van der Waals surface area contributed by atoms with Gasteiger partial charge in [-0.1, -0.05) is 44.6 Å². The fourth-order valence-electron chi connectivity index (χ4n) is 2.26. The lowest BCUT2D eigenvalue weighted by molar-refractivity contribution is -0.137. The van der Waals surface area contributed by atoms with Gasteiger partial charge in [-0.3, -0.25) is 9.59 Å². The number of carboxylic acid groups (broad SMARTS) is 1. The molecule has 0 atom stereocenters. The van der Waals surface area contributed by atoms with Crippen LogP contribution in [-0.4, -0.2) is 15.6 Å². The molecule has 0 unspecified atom stereocenters.